The van der Waals surface area contributed by atoms with Crippen LogP contribution < -0.4 is 0 Å². The highest BCUT2D eigenvalue weighted by molar-refractivity contribution is 4.92. The molecule has 2 saturated heterocycles. The van der Waals surface area contributed by atoms with E-state index in [0.29, 0.717) is 12.5 Å². The van der Waals surface area contributed by atoms with E-state index in [4.69, 9.17) is 14.2 Å². The lowest BCUT2D eigenvalue weighted by Gasteiger charge is -2.13. The topological polar surface area (TPSA) is 27.7 Å². The quantitative estimate of drug-likeness (QED) is 0.623. The minimum Gasteiger partial charge on any atom is -0.376 e. The van der Waals surface area contributed by atoms with E-state index in [2.05, 4.69) is 6.92 Å². The highest BCUT2D eigenvalue weighted by Gasteiger charge is 2.45. The molecule has 0 aromatic rings. The Kier molecular flexibility index (Phi) is 4.16. The zero-order valence-corrected chi connectivity index (χ0v) is 8.95. The Morgan fingerprint density at radius 1 is 1.08 bits per heavy atom. The molecule has 2 aliphatic heterocycles. The van der Waals surface area contributed by atoms with E-state index in [0.717, 1.165) is 6.61 Å². The Morgan fingerprint density at radius 3 is 2.31 bits per heavy atom. The second-order valence-electron chi connectivity index (χ2n) is 3.35. The fourth-order valence-corrected chi connectivity index (χ4v) is 1.86. The summed E-state index contributed by atoms with van der Waals surface area (Å²) >= 11 is 0. The molecule has 2 fully saturated rings. The SMILES string of the molecule is CC.COC1CO[C@@H]2[C@H](C)CO[C@H]12. The smallest absolute Gasteiger partial charge is 0.112 e. The van der Waals surface area contributed by atoms with Crippen molar-refractivity contribution in [3.63, 3.8) is 0 Å². The van der Waals surface area contributed by atoms with Crippen molar-refractivity contribution in [1.82, 2.24) is 0 Å². The third-order valence-corrected chi connectivity index (χ3v) is 2.56. The maximum atomic E-state index is 5.54. The van der Waals surface area contributed by atoms with E-state index in [9.17, 15) is 0 Å². The molecule has 3 heteroatoms. The lowest BCUT2D eigenvalue weighted by molar-refractivity contribution is -0.00878. The summed E-state index contributed by atoms with van der Waals surface area (Å²) in [5.74, 6) is 0.528. The number of rotatable bonds is 1. The molecular weight excluding hydrogens is 168 g/mol. The zero-order valence-electron chi connectivity index (χ0n) is 8.95. The minimum absolute atomic E-state index is 0.157. The van der Waals surface area contributed by atoms with E-state index in [1.807, 2.05) is 13.8 Å². The largest absolute Gasteiger partial charge is 0.376 e. The fourth-order valence-electron chi connectivity index (χ4n) is 1.86. The molecule has 2 aliphatic rings. The Balaban J connectivity index is 0.000000396. The fraction of sp³-hybridized carbons (Fsp3) is 1.00. The number of hydrogen-bond donors (Lipinski definition) is 0. The van der Waals surface area contributed by atoms with Gasteiger partial charge in [-0.1, -0.05) is 20.8 Å². The van der Waals surface area contributed by atoms with Crippen LogP contribution in [-0.4, -0.2) is 38.6 Å². The van der Waals surface area contributed by atoms with Gasteiger partial charge in [-0.3, -0.25) is 0 Å². The van der Waals surface area contributed by atoms with Gasteiger partial charge in [0.15, 0.2) is 0 Å². The molecule has 0 aromatic heterocycles. The van der Waals surface area contributed by atoms with Crippen LogP contribution in [0, 0.1) is 5.92 Å². The van der Waals surface area contributed by atoms with Crippen LogP contribution in [0.2, 0.25) is 0 Å². The van der Waals surface area contributed by atoms with Gasteiger partial charge in [0.25, 0.3) is 0 Å². The Morgan fingerprint density at radius 2 is 1.69 bits per heavy atom. The second-order valence-corrected chi connectivity index (χ2v) is 3.35. The molecule has 0 aromatic carbocycles. The monoisotopic (exact) mass is 188 g/mol. The van der Waals surface area contributed by atoms with Gasteiger partial charge < -0.3 is 14.2 Å². The number of fused-ring (bicyclic) bond motifs is 1. The van der Waals surface area contributed by atoms with Crippen LogP contribution in [0.4, 0.5) is 0 Å². The predicted octanol–water partition coefficient (Wildman–Crippen LogP) is 1.46. The van der Waals surface area contributed by atoms with Gasteiger partial charge in [0.2, 0.25) is 0 Å². The first-order chi connectivity index (χ1) is 6.33. The van der Waals surface area contributed by atoms with Crippen LogP contribution in [0.1, 0.15) is 20.8 Å². The normalized spacial score (nSPS) is 42.5. The van der Waals surface area contributed by atoms with Crippen LogP contribution in [0.15, 0.2) is 0 Å². The van der Waals surface area contributed by atoms with E-state index in [-0.39, 0.29) is 18.3 Å². The lowest BCUT2D eigenvalue weighted by atomic mass is 10.0. The van der Waals surface area contributed by atoms with Crippen molar-refractivity contribution < 1.29 is 14.2 Å². The highest BCUT2D eigenvalue weighted by Crippen LogP contribution is 2.31. The van der Waals surface area contributed by atoms with Gasteiger partial charge in [0.1, 0.15) is 12.2 Å². The summed E-state index contributed by atoms with van der Waals surface area (Å²) in [4.78, 5) is 0. The van der Waals surface area contributed by atoms with Crippen molar-refractivity contribution in [2.24, 2.45) is 5.92 Å². The summed E-state index contributed by atoms with van der Waals surface area (Å²) in [6.45, 7) is 7.66. The molecule has 0 N–H and O–H groups in total. The Bertz CT molecular complexity index is 149. The summed E-state index contributed by atoms with van der Waals surface area (Å²) < 4.78 is 16.3. The number of methoxy groups -OCH3 is 1. The molecule has 0 amide bonds. The van der Waals surface area contributed by atoms with Crippen LogP contribution in [0.3, 0.4) is 0 Å². The first-order valence-electron chi connectivity index (χ1n) is 5.09. The Labute approximate surface area is 80.4 Å². The first-order valence-corrected chi connectivity index (χ1v) is 5.09. The molecule has 0 aliphatic carbocycles. The molecule has 3 nitrogen and oxygen atoms in total. The van der Waals surface area contributed by atoms with Crippen molar-refractivity contribution in [3.05, 3.63) is 0 Å². The molecule has 1 unspecified atom stereocenters. The molecule has 4 atom stereocenters. The van der Waals surface area contributed by atoms with Gasteiger partial charge in [-0.25, -0.2) is 0 Å². The summed E-state index contributed by atoms with van der Waals surface area (Å²) in [7, 11) is 1.71. The average molecular weight is 188 g/mol. The minimum atomic E-state index is 0.157. The summed E-state index contributed by atoms with van der Waals surface area (Å²) in [5.41, 5.74) is 0. The van der Waals surface area contributed by atoms with Crippen LogP contribution in [0.25, 0.3) is 0 Å². The van der Waals surface area contributed by atoms with Crippen LogP contribution >= 0.6 is 0 Å². The lowest BCUT2D eigenvalue weighted by Crippen LogP contribution is -2.29. The first kappa shape index (κ1) is 11.0. The van der Waals surface area contributed by atoms with Crippen molar-refractivity contribution in [2.45, 2.75) is 39.1 Å². The molecule has 0 spiro atoms. The molecule has 0 bridgehead atoms. The van der Waals surface area contributed by atoms with Gasteiger partial charge in [-0.05, 0) is 0 Å². The Hall–Kier alpha value is -0.120. The molecule has 2 heterocycles. The third kappa shape index (κ3) is 2.03. The van der Waals surface area contributed by atoms with Crippen LogP contribution in [-0.2, 0) is 14.2 Å². The maximum Gasteiger partial charge on any atom is 0.112 e. The van der Waals surface area contributed by atoms with Gasteiger partial charge >= 0.3 is 0 Å². The summed E-state index contributed by atoms with van der Waals surface area (Å²) in [5, 5.41) is 0. The van der Waals surface area contributed by atoms with E-state index < -0.39 is 0 Å². The van der Waals surface area contributed by atoms with Gasteiger partial charge in [-0.2, -0.15) is 0 Å². The summed E-state index contributed by atoms with van der Waals surface area (Å²) in [6.07, 6.45) is 0.625. The van der Waals surface area contributed by atoms with Crippen LogP contribution in [0.5, 0.6) is 0 Å². The zero-order chi connectivity index (χ0) is 9.84. The molecule has 13 heavy (non-hydrogen) atoms. The van der Waals surface area contributed by atoms with Crippen molar-refractivity contribution in [3.8, 4) is 0 Å². The van der Waals surface area contributed by atoms with Crippen molar-refractivity contribution in [1.29, 1.82) is 0 Å². The van der Waals surface area contributed by atoms with Gasteiger partial charge in [0.05, 0.1) is 19.3 Å². The van der Waals surface area contributed by atoms with Gasteiger partial charge in [0, 0.05) is 13.0 Å². The average Bonchev–Trinajstić information content (AvgIpc) is 2.73. The standard InChI is InChI=1S/C8H14O3.C2H6/c1-5-3-10-8-6(9-2)4-11-7(5)8;1-2/h5-8H,3-4H2,1-2H3;1-2H3/t5-,6?,7-,8-;/m1./s1. The maximum absolute atomic E-state index is 5.54. The molecule has 0 saturated carbocycles. The van der Waals surface area contributed by atoms with Crippen molar-refractivity contribution in [2.75, 3.05) is 20.3 Å². The van der Waals surface area contributed by atoms with E-state index >= 15 is 0 Å². The highest BCUT2D eigenvalue weighted by atomic mass is 16.6. The molecule has 78 valence electrons. The summed E-state index contributed by atoms with van der Waals surface area (Å²) in [6, 6.07) is 0. The molecule has 0 radical (unpaired) electrons. The number of ether oxygens (including phenoxy) is 3. The van der Waals surface area contributed by atoms with Crippen molar-refractivity contribution >= 4 is 0 Å². The van der Waals surface area contributed by atoms with E-state index in [1.165, 1.54) is 0 Å². The van der Waals surface area contributed by atoms with Gasteiger partial charge in [-0.15, -0.1) is 0 Å². The second kappa shape index (κ2) is 4.94. The third-order valence-electron chi connectivity index (χ3n) is 2.56. The molecule has 2 rings (SSSR count). The molecular formula is C10H20O3. The number of hydrogen-bond acceptors (Lipinski definition) is 3. The predicted molar refractivity (Wildman–Crippen MR) is 50.8 cm³/mol. The van der Waals surface area contributed by atoms with E-state index in [1.54, 1.807) is 7.11 Å².